The first-order valence-corrected chi connectivity index (χ1v) is 10.0. The molecule has 1 heterocycles. The van der Waals surface area contributed by atoms with Crippen LogP contribution < -0.4 is 19.7 Å². The quantitative estimate of drug-likeness (QED) is 0.786. The number of alkyl halides is 3. The van der Waals surface area contributed by atoms with Gasteiger partial charge in [-0.05, 0) is 30.3 Å². The van der Waals surface area contributed by atoms with Gasteiger partial charge < -0.3 is 15.0 Å². The summed E-state index contributed by atoms with van der Waals surface area (Å²) < 4.78 is 72.5. The van der Waals surface area contributed by atoms with Crippen LogP contribution >= 0.6 is 0 Å². The summed E-state index contributed by atoms with van der Waals surface area (Å²) in [5.74, 6) is 0.556. The average molecular weight is 415 g/mol. The Morgan fingerprint density at radius 2 is 1.79 bits per heavy atom. The van der Waals surface area contributed by atoms with Crippen molar-refractivity contribution in [3.8, 4) is 5.75 Å². The summed E-state index contributed by atoms with van der Waals surface area (Å²) in [6.07, 6.45) is -4.78. The standard InChI is InChI=1S/C18H20F3N3O3S/c1-27-16-7-6-13(12-15(16)24-10-8-22-9-11-24)23-28(25,26)17-5-3-2-4-14(17)18(19,20)21/h2-7,12,22-23H,8-11H2,1H3. The Balaban J connectivity index is 1.95. The van der Waals surface area contributed by atoms with Crippen molar-refractivity contribution in [1.82, 2.24) is 5.32 Å². The predicted octanol–water partition coefficient (Wildman–Crippen LogP) is 2.92. The van der Waals surface area contributed by atoms with Gasteiger partial charge in [0.25, 0.3) is 10.0 Å². The van der Waals surface area contributed by atoms with E-state index in [0.717, 1.165) is 31.3 Å². The lowest BCUT2D eigenvalue weighted by molar-refractivity contribution is -0.139. The summed E-state index contributed by atoms with van der Waals surface area (Å²) >= 11 is 0. The molecule has 0 unspecified atom stereocenters. The van der Waals surface area contributed by atoms with Gasteiger partial charge >= 0.3 is 6.18 Å². The van der Waals surface area contributed by atoms with Crippen LogP contribution in [0.2, 0.25) is 0 Å². The molecule has 152 valence electrons. The lowest BCUT2D eigenvalue weighted by atomic mass is 10.2. The zero-order chi connectivity index (χ0) is 20.4. The molecule has 0 spiro atoms. The molecule has 0 saturated carbocycles. The van der Waals surface area contributed by atoms with Gasteiger partial charge in [0.1, 0.15) is 5.75 Å². The van der Waals surface area contributed by atoms with Gasteiger partial charge in [-0.25, -0.2) is 8.42 Å². The van der Waals surface area contributed by atoms with Gasteiger partial charge in [-0.2, -0.15) is 13.2 Å². The van der Waals surface area contributed by atoms with Crippen LogP contribution in [0.5, 0.6) is 5.75 Å². The van der Waals surface area contributed by atoms with E-state index in [2.05, 4.69) is 10.0 Å². The van der Waals surface area contributed by atoms with Crippen molar-refractivity contribution in [2.75, 3.05) is 42.9 Å². The van der Waals surface area contributed by atoms with E-state index in [0.29, 0.717) is 24.5 Å². The van der Waals surface area contributed by atoms with Gasteiger partial charge in [0.15, 0.2) is 0 Å². The average Bonchev–Trinajstić information content (AvgIpc) is 2.68. The van der Waals surface area contributed by atoms with Crippen molar-refractivity contribution in [1.29, 1.82) is 0 Å². The summed E-state index contributed by atoms with van der Waals surface area (Å²) in [6, 6.07) is 8.70. The van der Waals surface area contributed by atoms with E-state index in [1.807, 2.05) is 4.90 Å². The zero-order valence-corrected chi connectivity index (χ0v) is 15.9. The SMILES string of the molecule is COc1ccc(NS(=O)(=O)c2ccccc2C(F)(F)F)cc1N1CCNCC1. The molecule has 1 saturated heterocycles. The van der Waals surface area contributed by atoms with Gasteiger partial charge in [0, 0.05) is 26.2 Å². The minimum atomic E-state index is -4.78. The number of benzene rings is 2. The molecule has 28 heavy (non-hydrogen) atoms. The predicted molar refractivity (Wildman–Crippen MR) is 100 cm³/mol. The fourth-order valence-electron chi connectivity index (χ4n) is 3.05. The first kappa shape index (κ1) is 20.3. The monoisotopic (exact) mass is 415 g/mol. The molecule has 1 aliphatic rings. The van der Waals surface area contributed by atoms with E-state index in [9.17, 15) is 21.6 Å². The Morgan fingerprint density at radius 3 is 2.43 bits per heavy atom. The molecular formula is C18H20F3N3O3S. The molecule has 0 amide bonds. The second-order valence-electron chi connectivity index (χ2n) is 6.22. The number of hydrogen-bond acceptors (Lipinski definition) is 5. The van der Waals surface area contributed by atoms with Gasteiger partial charge in [0.2, 0.25) is 0 Å². The summed E-state index contributed by atoms with van der Waals surface area (Å²) in [6.45, 7) is 2.92. The second-order valence-corrected chi connectivity index (χ2v) is 7.87. The number of nitrogens with one attached hydrogen (secondary N) is 2. The van der Waals surface area contributed by atoms with Crippen LogP contribution in [0.4, 0.5) is 24.5 Å². The third-order valence-corrected chi connectivity index (χ3v) is 5.81. The lowest BCUT2D eigenvalue weighted by Gasteiger charge is -2.31. The van der Waals surface area contributed by atoms with E-state index >= 15 is 0 Å². The highest BCUT2D eigenvalue weighted by Crippen LogP contribution is 2.36. The topological polar surface area (TPSA) is 70.7 Å². The maximum absolute atomic E-state index is 13.2. The molecule has 0 bridgehead atoms. The molecule has 0 radical (unpaired) electrons. The molecular weight excluding hydrogens is 395 g/mol. The number of anilines is 2. The number of hydrogen-bond donors (Lipinski definition) is 2. The molecule has 2 aromatic carbocycles. The third kappa shape index (κ3) is 4.33. The largest absolute Gasteiger partial charge is 0.495 e. The van der Waals surface area contributed by atoms with Crippen molar-refractivity contribution in [3.63, 3.8) is 0 Å². The number of rotatable bonds is 5. The Hall–Kier alpha value is -2.46. The van der Waals surface area contributed by atoms with Crippen LogP contribution in [0.15, 0.2) is 47.4 Å². The number of piperazine rings is 1. The normalized spacial score (nSPS) is 15.4. The van der Waals surface area contributed by atoms with E-state index in [1.54, 1.807) is 12.1 Å². The van der Waals surface area contributed by atoms with Crippen molar-refractivity contribution in [2.24, 2.45) is 0 Å². The third-order valence-electron chi connectivity index (χ3n) is 4.37. The zero-order valence-electron chi connectivity index (χ0n) is 15.1. The summed E-state index contributed by atoms with van der Waals surface area (Å²) in [5.41, 5.74) is -0.377. The first-order valence-electron chi connectivity index (χ1n) is 8.55. The first-order chi connectivity index (χ1) is 13.2. The van der Waals surface area contributed by atoms with Gasteiger partial charge in [-0.15, -0.1) is 0 Å². The van der Waals surface area contributed by atoms with Crippen LogP contribution in [-0.2, 0) is 16.2 Å². The van der Waals surface area contributed by atoms with Crippen LogP contribution in [-0.4, -0.2) is 41.7 Å². The molecule has 3 rings (SSSR count). The highest BCUT2D eigenvalue weighted by atomic mass is 32.2. The van der Waals surface area contributed by atoms with Crippen LogP contribution in [0.3, 0.4) is 0 Å². The summed E-state index contributed by atoms with van der Waals surface area (Å²) in [7, 11) is -2.93. The van der Waals surface area contributed by atoms with Crippen LogP contribution in [0, 0.1) is 0 Å². The summed E-state index contributed by atoms with van der Waals surface area (Å²) in [4.78, 5) is 1.21. The molecule has 10 heteroatoms. The maximum atomic E-state index is 13.2. The van der Waals surface area contributed by atoms with Crippen molar-refractivity contribution in [3.05, 3.63) is 48.0 Å². The molecule has 1 aliphatic heterocycles. The fraction of sp³-hybridized carbons (Fsp3) is 0.333. The molecule has 2 N–H and O–H groups in total. The molecule has 0 aliphatic carbocycles. The van der Waals surface area contributed by atoms with Gasteiger partial charge in [-0.3, -0.25) is 4.72 Å². The molecule has 6 nitrogen and oxygen atoms in total. The van der Waals surface area contributed by atoms with Crippen molar-refractivity contribution >= 4 is 21.4 Å². The lowest BCUT2D eigenvalue weighted by Crippen LogP contribution is -2.43. The molecule has 2 aromatic rings. The number of ether oxygens (including phenoxy) is 1. The molecule has 0 aromatic heterocycles. The van der Waals surface area contributed by atoms with E-state index in [-0.39, 0.29) is 5.69 Å². The molecule has 0 atom stereocenters. The second kappa shape index (κ2) is 7.88. The van der Waals surface area contributed by atoms with Crippen LogP contribution in [0.1, 0.15) is 5.56 Å². The number of nitrogens with zero attached hydrogens (tertiary/aromatic N) is 1. The maximum Gasteiger partial charge on any atom is 0.417 e. The number of halogens is 3. The Morgan fingerprint density at radius 1 is 1.11 bits per heavy atom. The Labute approximate surface area is 161 Å². The van der Waals surface area contributed by atoms with E-state index in [4.69, 9.17) is 4.74 Å². The highest BCUT2D eigenvalue weighted by Gasteiger charge is 2.37. The highest BCUT2D eigenvalue weighted by molar-refractivity contribution is 7.92. The Kier molecular flexibility index (Phi) is 5.71. The minimum Gasteiger partial charge on any atom is -0.495 e. The van der Waals surface area contributed by atoms with E-state index in [1.165, 1.54) is 19.2 Å². The van der Waals surface area contributed by atoms with E-state index < -0.39 is 26.7 Å². The fourth-order valence-corrected chi connectivity index (χ4v) is 4.33. The molecule has 1 fully saturated rings. The summed E-state index contributed by atoms with van der Waals surface area (Å²) in [5, 5.41) is 3.22. The van der Waals surface area contributed by atoms with Crippen molar-refractivity contribution in [2.45, 2.75) is 11.1 Å². The number of methoxy groups -OCH3 is 1. The van der Waals surface area contributed by atoms with Gasteiger partial charge in [0.05, 0.1) is 28.9 Å². The van der Waals surface area contributed by atoms with Crippen LogP contribution in [0.25, 0.3) is 0 Å². The Bertz CT molecular complexity index is 943. The van der Waals surface area contributed by atoms with Gasteiger partial charge in [-0.1, -0.05) is 12.1 Å². The smallest absolute Gasteiger partial charge is 0.417 e. The number of sulfonamides is 1. The van der Waals surface area contributed by atoms with Crippen molar-refractivity contribution < 1.29 is 26.3 Å². The minimum absolute atomic E-state index is 0.159.